The fourth-order valence-electron chi connectivity index (χ4n) is 11.5. The van der Waals surface area contributed by atoms with Crippen molar-refractivity contribution < 1.29 is 183 Å². The van der Waals surface area contributed by atoms with Crippen molar-refractivity contribution in [3.05, 3.63) is 0 Å². The summed E-state index contributed by atoms with van der Waals surface area (Å²) in [5, 5.41) is 228. The Hall–Kier alpha value is -4.34. The SMILES string of the molecule is CC(=O)NC1C(OC(C(O)CO)C2OC(OC3C(O)C(CO)OC(OC4C(O)C(CO)OC(OC(C(O)CO)C5OC(O)(C(=O)O)CC(O)C5NC(C)=O)C4NC(C)=O)C3O)(C(=O)O)CC(O)C2NC(C)=O)OC(CO)C(O)C1OC1OC(CO)C(O)C(O)C1O. The minimum Gasteiger partial charge on any atom is -0.477 e. The lowest BCUT2D eigenvalue weighted by molar-refractivity contribution is -0.389. The molecule has 0 aromatic rings. The van der Waals surface area contributed by atoms with Crippen LogP contribution in [0.15, 0.2) is 0 Å². The molecule has 0 bridgehead atoms. The highest BCUT2D eigenvalue weighted by Crippen LogP contribution is 2.41. The van der Waals surface area contributed by atoms with Crippen LogP contribution in [0.25, 0.3) is 0 Å². The van der Waals surface area contributed by atoms with Gasteiger partial charge >= 0.3 is 11.9 Å². The van der Waals surface area contributed by atoms with Gasteiger partial charge in [0.2, 0.25) is 23.6 Å². The van der Waals surface area contributed by atoms with Gasteiger partial charge in [-0.25, -0.2) is 9.59 Å². The van der Waals surface area contributed by atoms with Crippen LogP contribution in [0.1, 0.15) is 40.5 Å². The Bertz CT molecular complexity index is 2440. The quantitative estimate of drug-likeness (QED) is 0.0382. The van der Waals surface area contributed by atoms with Gasteiger partial charge < -0.3 is 176 Å². The van der Waals surface area contributed by atoms with Crippen LogP contribution in [0.3, 0.4) is 0 Å². The molecule has 4 amide bonds. The number of nitrogens with one attached hydrogen (secondary N) is 4. The highest BCUT2D eigenvalue weighted by molar-refractivity contribution is 5.77. The van der Waals surface area contributed by atoms with Crippen molar-refractivity contribution in [2.24, 2.45) is 0 Å². The molecule has 32 unspecified atom stereocenters. The first-order valence-corrected chi connectivity index (χ1v) is 28.4. The van der Waals surface area contributed by atoms with E-state index in [9.17, 15) is 131 Å². The summed E-state index contributed by atoms with van der Waals surface area (Å²) >= 11 is 0. The second kappa shape index (κ2) is 31.9. The standard InChI is InChI=1S/C50H82N4O37/c1-13(61)51-25-17(65)5-49(80,47(76)77)89-40(25)36(19(67)7-55)85-43-28(54-16(4)64)39(31(71)23(11-59)81-43)88-46-35(75)42(32(72)24(12-60)84-46)91-50(48(78)79)6-18(66)26(52-14(2)62)41(90-50)37(20(68)8-56)86-44-27(53-15(3)63)38(30(70)22(10-58)82-44)87-45-34(74)33(73)29(69)21(9-57)83-45/h17-46,55-60,65-75,80H,5-12H2,1-4H3,(H,51,61)(H,52,62)(H,53,63)(H,54,64)(H,76,77)(H,78,79). The molecule has 0 aromatic heterocycles. The molecule has 41 nitrogen and oxygen atoms in total. The summed E-state index contributed by atoms with van der Waals surface area (Å²) in [6.07, 6.45) is -59.3. The molecule has 524 valence electrons. The van der Waals surface area contributed by atoms with Crippen LogP contribution in [0.2, 0.25) is 0 Å². The second-order valence-electron chi connectivity index (χ2n) is 22.6. The van der Waals surface area contributed by atoms with Crippen molar-refractivity contribution in [1.82, 2.24) is 21.3 Å². The third kappa shape index (κ3) is 16.8. The highest BCUT2D eigenvalue weighted by atomic mass is 16.8. The van der Waals surface area contributed by atoms with Gasteiger partial charge in [0.15, 0.2) is 25.2 Å². The number of ether oxygens (including phenoxy) is 11. The number of aliphatic carboxylic acids is 2. The molecule has 6 aliphatic rings. The van der Waals surface area contributed by atoms with Crippen LogP contribution in [-0.4, -0.2) is 373 Å². The predicted octanol–water partition coefficient (Wildman–Crippen LogP) is -15.1. The van der Waals surface area contributed by atoms with Gasteiger partial charge in [0.25, 0.3) is 11.6 Å². The molecule has 0 spiro atoms. The zero-order chi connectivity index (χ0) is 68.0. The first-order valence-electron chi connectivity index (χ1n) is 28.4. The van der Waals surface area contributed by atoms with E-state index < -0.39 is 283 Å². The molecule has 6 saturated heterocycles. The molecule has 0 saturated carbocycles. The van der Waals surface area contributed by atoms with Crippen molar-refractivity contribution in [2.45, 2.75) is 236 Å². The Labute approximate surface area is 514 Å². The van der Waals surface area contributed by atoms with Gasteiger partial charge in [-0.2, -0.15) is 0 Å². The van der Waals surface area contributed by atoms with Crippen molar-refractivity contribution in [3.8, 4) is 0 Å². The minimum absolute atomic E-state index is 0.884. The monoisotopic (exact) mass is 1330 g/mol. The Kier molecular flexibility index (Phi) is 26.6. The van der Waals surface area contributed by atoms with Crippen LogP contribution in [0, 0.1) is 0 Å². The smallest absolute Gasteiger partial charge is 0.364 e. The normalized spacial score (nSPS) is 43.5. The first kappa shape index (κ1) is 75.7. The van der Waals surface area contributed by atoms with Crippen LogP contribution >= 0.6 is 0 Å². The summed E-state index contributed by atoms with van der Waals surface area (Å²) in [5.74, 6) is -15.0. The van der Waals surface area contributed by atoms with Gasteiger partial charge in [-0.15, -0.1) is 0 Å². The van der Waals surface area contributed by atoms with E-state index in [1.807, 2.05) is 0 Å². The van der Waals surface area contributed by atoms with E-state index in [4.69, 9.17) is 52.1 Å². The average molecular weight is 1330 g/mol. The van der Waals surface area contributed by atoms with Gasteiger partial charge in [-0.3, -0.25) is 19.2 Å². The van der Waals surface area contributed by atoms with Crippen LogP contribution in [0.5, 0.6) is 0 Å². The number of carbonyl (C=O) groups is 6. The van der Waals surface area contributed by atoms with E-state index >= 15 is 0 Å². The maximum atomic E-state index is 13.8. The van der Waals surface area contributed by atoms with Crippen LogP contribution in [0.4, 0.5) is 0 Å². The molecule has 0 aromatic carbocycles. The summed E-state index contributed by atoms with van der Waals surface area (Å²) in [6.45, 7) is -3.60. The summed E-state index contributed by atoms with van der Waals surface area (Å²) in [6, 6.07) is -7.75. The molecule has 41 heteroatoms. The van der Waals surface area contributed by atoms with Crippen LogP contribution in [-0.2, 0) is 80.9 Å². The van der Waals surface area contributed by atoms with Gasteiger partial charge in [0, 0.05) is 40.5 Å². The fourth-order valence-corrected chi connectivity index (χ4v) is 11.5. The first-order chi connectivity index (χ1) is 42.7. The Morgan fingerprint density at radius 1 is 0.451 bits per heavy atom. The third-order valence-electron chi connectivity index (χ3n) is 15.9. The number of carbonyl (C=O) groups excluding carboxylic acids is 4. The predicted molar refractivity (Wildman–Crippen MR) is 280 cm³/mol. The molecular formula is C50H82N4O37. The summed E-state index contributed by atoms with van der Waals surface area (Å²) < 4.78 is 64.0. The highest BCUT2D eigenvalue weighted by Gasteiger charge is 2.63. The van der Waals surface area contributed by atoms with E-state index in [1.165, 1.54) is 0 Å². The number of carboxylic acid groups (broad SMARTS) is 2. The molecule has 6 heterocycles. The van der Waals surface area contributed by atoms with Crippen molar-refractivity contribution in [1.29, 1.82) is 0 Å². The van der Waals surface area contributed by atoms with Gasteiger partial charge in [-0.1, -0.05) is 0 Å². The van der Waals surface area contributed by atoms with Crippen molar-refractivity contribution in [3.63, 3.8) is 0 Å². The zero-order valence-corrected chi connectivity index (χ0v) is 48.9. The number of hydrogen-bond donors (Lipinski definition) is 24. The lowest BCUT2D eigenvalue weighted by Crippen LogP contribution is -2.72. The van der Waals surface area contributed by atoms with Gasteiger partial charge in [0.05, 0.1) is 63.9 Å². The number of hydrogen-bond acceptors (Lipinski definition) is 35. The van der Waals surface area contributed by atoms with Crippen molar-refractivity contribution in [2.75, 3.05) is 39.6 Å². The van der Waals surface area contributed by atoms with Crippen LogP contribution < -0.4 is 21.3 Å². The molecule has 91 heavy (non-hydrogen) atoms. The topological polar surface area (TPSA) is 657 Å². The number of aliphatic hydroxyl groups excluding tert-OH is 17. The second-order valence-corrected chi connectivity index (χ2v) is 22.6. The average Bonchev–Trinajstić information content (AvgIpc) is 0.775. The molecular weight excluding hydrogens is 1250 g/mol. The number of carboxylic acids is 2. The van der Waals surface area contributed by atoms with Gasteiger partial charge in [-0.05, 0) is 0 Å². The Balaban J connectivity index is 1.38. The zero-order valence-electron chi connectivity index (χ0n) is 48.9. The third-order valence-corrected chi connectivity index (χ3v) is 15.9. The number of amides is 4. The molecule has 32 atom stereocenters. The summed E-state index contributed by atoms with van der Waals surface area (Å²) in [7, 11) is 0. The van der Waals surface area contributed by atoms with E-state index in [0.29, 0.717) is 0 Å². The molecule has 24 N–H and O–H groups in total. The lowest BCUT2D eigenvalue weighted by Gasteiger charge is -2.52. The summed E-state index contributed by atoms with van der Waals surface area (Å²) in [4.78, 5) is 77.0. The summed E-state index contributed by atoms with van der Waals surface area (Å²) in [5.41, 5.74) is 0. The van der Waals surface area contributed by atoms with E-state index in [1.54, 1.807) is 0 Å². The Morgan fingerprint density at radius 3 is 1.18 bits per heavy atom. The van der Waals surface area contributed by atoms with E-state index in [0.717, 1.165) is 27.7 Å². The fraction of sp³-hybridized carbons (Fsp3) is 0.880. The molecule has 0 radical (unpaired) electrons. The number of rotatable bonds is 26. The molecule has 6 aliphatic heterocycles. The Morgan fingerprint density at radius 2 is 0.802 bits per heavy atom. The molecule has 6 fully saturated rings. The van der Waals surface area contributed by atoms with Gasteiger partial charge in [0.1, 0.15) is 134 Å². The van der Waals surface area contributed by atoms with E-state index in [-0.39, 0.29) is 0 Å². The minimum atomic E-state index is -3.51. The molecule has 0 aliphatic carbocycles. The van der Waals surface area contributed by atoms with Crippen molar-refractivity contribution >= 4 is 35.6 Å². The lowest BCUT2D eigenvalue weighted by atomic mass is 9.87. The maximum absolute atomic E-state index is 13.8. The number of aliphatic hydroxyl groups is 18. The largest absolute Gasteiger partial charge is 0.477 e. The molecule has 6 rings (SSSR count). The van der Waals surface area contributed by atoms with E-state index in [2.05, 4.69) is 21.3 Å². The maximum Gasteiger partial charge on any atom is 0.364 e.